The van der Waals surface area contributed by atoms with Gasteiger partial charge in [-0.25, -0.2) is 0 Å². The summed E-state index contributed by atoms with van der Waals surface area (Å²) in [6, 6.07) is 0. The number of ether oxygens (including phenoxy) is 1. The van der Waals surface area contributed by atoms with Crippen LogP contribution in [0.2, 0.25) is 0 Å². The number of hydrogen-bond donors (Lipinski definition) is 6. The van der Waals surface area contributed by atoms with Gasteiger partial charge in [0.15, 0.2) is 0 Å². The minimum Gasteiger partial charge on any atom is -0.394 e. The molecule has 0 unspecified atom stereocenters. The molecule has 6 atom stereocenters. The van der Waals surface area contributed by atoms with Gasteiger partial charge in [0.1, 0.15) is 43.2 Å². The number of aliphatic hydroxyl groups is 6. The molecule has 1 fully saturated rings. The van der Waals surface area contributed by atoms with Crippen LogP contribution in [0.15, 0.2) is 0 Å². The first-order valence-electron chi connectivity index (χ1n) is 4.49. The van der Waals surface area contributed by atoms with Crippen molar-refractivity contribution in [3.63, 3.8) is 0 Å². The van der Waals surface area contributed by atoms with E-state index in [1.54, 1.807) is 0 Å². The molecule has 1 saturated heterocycles. The highest BCUT2D eigenvalue weighted by molar-refractivity contribution is 4.96. The van der Waals surface area contributed by atoms with Crippen LogP contribution in [0, 0.1) is 6.61 Å². The second-order valence-electron chi connectivity index (χ2n) is 3.45. The van der Waals surface area contributed by atoms with Crippen molar-refractivity contribution in [1.29, 1.82) is 0 Å². The summed E-state index contributed by atoms with van der Waals surface area (Å²) in [7, 11) is 0. The van der Waals surface area contributed by atoms with Gasteiger partial charge in [-0.3, -0.25) is 0 Å². The van der Waals surface area contributed by atoms with E-state index < -0.39 is 43.2 Å². The van der Waals surface area contributed by atoms with Crippen molar-refractivity contribution in [2.45, 2.75) is 36.6 Å². The lowest BCUT2D eigenvalue weighted by molar-refractivity contribution is -0.202. The van der Waals surface area contributed by atoms with Gasteiger partial charge < -0.3 is 35.4 Å². The molecule has 15 heavy (non-hydrogen) atoms. The molecule has 1 aliphatic heterocycles. The van der Waals surface area contributed by atoms with E-state index in [9.17, 15) is 15.3 Å². The first-order valence-corrected chi connectivity index (χ1v) is 4.49. The zero-order valence-electron chi connectivity index (χ0n) is 7.84. The van der Waals surface area contributed by atoms with E-state index in [1.807, 2.05) is 0 Å². The Hall–Kier alpha value is -0.280. The monoisotopic (exact) mass is 223 g/mol. The van der Waals surface area contributed by atoms with Crippen molar-refractivity contribution < 1.29 is 35.4 Å². The Balaban J connectivity index is 2.62. The fraction of sp³-hybridized carbons (Fsp3) is 0.875. The van der Waals surface area contributed by atoms with Gasteiger partial charge in [0, 0.05) is 0 Å². The fourth-order valence-electron chi connectivity index (χ4n) is 1.34. The second kappa shape index (κ2) is 5.17. The van der Waals surface area contributed by atoms with Crippen molar-refractivity contribution >= 4 is 0 Å². The Bertz CT molecular complexity index is 195. The van der Waals surface area contributed by atoms with E-state index in [2.05, 4.69) is 0 Å². The molecular formula is C8H15O7. The molecule has 6 N–H and O–H groups in total. The van der Waals surface area contributed by atoms with Crippen LogP contribution < -0.4 is 0 Å². The van der Waals surface area contributed by atoms with Crippen LogP contribution in [-0.2, 0) is 4.74 Å². The third-order valence-corrected chi connectivity index (χ3v) is 2.33. The molecule has 0 amide bonds. The summed E-state index contributed by atoms with van der Waals surface area (Å²) in [6.07, 6.45) is -8.71. The maximum absolute atomic E-state index is 9.41. The normalized spacial score (nSPS) is 41.2. The average molecular weight is 223 g/mol. The Morgan fingerprint density at radius 2 is 1.73 bits per heavy atom. The highest BCUT2D eigenvalue weighted by Gasteiger charge is 2.43. The minimum absolute atomic E-state index is 0.702. The van der Waals surface area contributed by atoms with Crippen molar-refractivity contribution in [2.24, 2.45) is 0 Å². The highest BCUT2D eigenvalue weighted by Crippen LogP contribution is 2.22. The molecule has 89 valence electrons. The summed E-state index contributed by atoms with van der Waals surface area (Å²) in [4.78, 5) is 0. The maximum Gasteiger partial charge on any atom is 0.115 e. The average Bonchev–Trinajstić information content (AvgIpc) is 2.24. The molecule has 0 spiro atoms. The van der Waals surface area contributed by atoms with Crippen LogP contribution in [-0.4, -0.2) is 73.9 Å². The molecule has 7 nitrogen and oxygen atoms in total. The summed E-state index contributed by atoms with van der Waals surface area (Å²) in [6.45, 7) is 0.155. The third-order valence-electron chi connectivity index (χ3n) is 2.33. The molecule has 0 aliphatic carbocycles. The van der Waals surface area contributed by atoms with E-state index in [0.29, 0.717) is 0 Å². The van der Waals surface area contributed by atoms with Gasteiger partial charge in [-0.2, -0.15) is 0 Å². The molecule has 1 heterocycles. The molecule has 1 rings (SSSR count). The standard InChI is InChI=1S/C8H15O7/c9-1-3(10)6(13)8-7(14)5(12)4(11)2-15-8/h2-14H,1H2/t3-,4-,5-,6+,7-,8-/m0/s1. The van der Waals surface area contributed by atoms with Crippen molar-refractivity contribution in [1.82, 2.24) is 0 Å². The van der Waals surface area contributed by atoms with Crippen LogP contribution >= 0.6 is 0 Å². The van der Waals surface area contributed by atoms with Crippen LogP contribution in [0.1, 0.15) is 0 Å². The first-order chi connectivity index (χ1) is 6.99. The summed E-state index contributed by atoms with van der Waals surface area (Å²) < 4.78 is 4.75. The maximum atomic E-state index is 9.41. The predicted octanol–water partition coefficient (Wildman–Crippen LogP) is -3.66. The topological polar surface area (TPSA) is 131 Å². The van der Waals surface area contributed by atoms with Crippen LogP contribution in [0.5, 0.6) is 0 Å². The van der Waals surface area contributed by atoms with Crippen molar-refractivity contribution in [2.75, 3.05) is 6.61 Å². The lowest BCUT2D eigenvalue weighted by Gasteiger charge is -2.38. The molecule has 0 aromatic heterocycles. The smallest absolute Gasteiger partial charge is 0.115 e. The molecular weight excluding hydrogens is 208 g/mol. The summed E-state index contributed by atoms with van der Waals surface area (Å²) in [5.74, 6) is 0. The van der Waals surface area contributed by atoms with Gasteiger partial charge in [-0.05, 0) is 0 Å². The van der Waals surface area contributed by atoms with Crippen molar-refractivity contribution in [3.8, 4) is 0 Å². The molecule has 0 aromatic carbocycles. The molecule has 1 radical (unpaired) electrons. The van der Waals surface area contributed by atoms with Crippen LogP contribution in [0.25, 0.3) is 0 Å². The summed E-state index contributed by atoms with van der Waals surface area (Å²) in [5, 5.41) is 54.8. The first kappa shape index (κ1) is 12.8. The molecule has 7 heteroatoms. The summed E-state index contributed by atoms with van der Waals surface area (Å²) >= 11 is 0. The van der Waals surface area contributed by atoms with E-state index in [1.165, 1.54) is 0 Å². The lowest BCUT2D eigenvalue weighted by atomic mass is 9.94. The van der Waals surface area contributed by atoms with E-state index in [4.69, 9.17) is 20.1 Å². The van der Waals surface area contributed by atoms with E-state index in [0.717, 1.165) is 6.61 Å². The Labute approximate surface area is 86.2 Å². The second-order valence-corrected chi connectivity index (χ2v) is 3.45. The highest BCUT2D eigenvalue weighted by atomic mass is 16.5. The van der Waals surface area contributed by atoms with E-state index >= 15 is 0 Å². The van der Waals surface area contributed by atoms with Crippen LogP contribution in [0.4, 0.5) is 0 Å². The number of aliphatic hydroxyl groups excluding tert-OH is 6. The lowest BCUT2D eigenvalue weighted by Crippen LogP contribution is -2.57. The van der Waals surface area contributed by atoms with Gasteiger partial charge in [0.05, 0.1) is 6.61 Å². The van der Waals surface area contributed by atoms with Gasteiger partial charge in [0.2, 0.25) is 0 Å². The van der Waals surface area contributed by atoms with E-state index in [-0.39, 0.29) is 0 Å². The fourth-order valence-corrected chi connectivity index (χ4v) is 1.34. The Kier molecular flexibility index (Phi) is 4.41. The quantitative estimate of drug-likeness (QED) is 0.291. The van der Waals surface area contributed by atoms with Gasteiger partial charge in [-0.1, -0.05) is 0 Å². The van der Waals surface area contributed by atoms with Crippen molar-refractivity contribution in [3.05, 3.63) is 6.61 Å². The molecule has 0 aromatic rings. The largest absolute Gasteiger partial charge is 0.394 e. The van der Waals surface area contributed by atoms with Gasteiger partial charge in [0.25, 0.3) is 0 Å². The van der Waals surface area contributed by atoms with Gasteiger partial charge >= 0.3 is 0 Å². The Morgan fingerprint density at radius 3 is 2.27 bits per heavy atom. The third kappa shape index (κ3) is 2.64. The molecule has 0 saturated carbocycles. The minimum atomic E-state index is -1.55. The molecule has 0 bridgehead atoms. The van der Waals surface area contributed by atoms with Gasteiger partial charge in [-0.15, -0.1) is 0 Å². The van der Waals surface area contributed by atoms with Crippen LogP contribution in [0.3, 0.4) is 0 Å². The molecule has 1 aliphatic rings. The predicted molar refractivity (Wildman–Crippen MR) is 46.3 cm³/mol. The summed E-state index contributed by atoms with van der Waals surface area (Å²) in [5.41, 5.74) is 0. The Morgan fingerprint density at radius 1 is 1.13 bits per heavy atom. The zero-order chi connectivity index (χ0) is 11.6. The zero-order valence-corrected chi connectivity index (χ0v) is 7.84. The SMILES string of the molecule is OC[C@H](O)[C@@H](O)[C@@H]1O[CH][C@H](O)[C@H](O)[C@@H]1O. The number of hydrogen-bond acceptors (Lipinski definition) is 7. The number of rotatable bonds is 3.